The van der Waals surface area contributed by atoms with Crippen molar-refractivity contribution in [3.8, 4) is 11.3 Å². The van der Waals surface area contributed by atoms with Crippen LogP contribution in [0.2, 0.25) is 0 Å². The van der Waals surface area contributed by atoms with Gasteiger partial charge in [-0.2, -0.15) is 0 Å². The van der Waals surface area contributed by atoms with E-state index in [-0.39, 0.29) is 0 Å². The van der Waals surface area contributed by atoms with E-state index in [0.717, 1.165) is 105 Å². The number of nitrogens with one attached hydrogen (secondary N) is 3. The Morgan fingerprint density at radius 1 is 0.804 bits per heavy atom. The molecule has 2 fully saturated rings. The molecule has 0 saturated carbocycles. The molecular formula is C41H51N9O. The topological polar surface area (TPSA) is 130 Å². The minimum atomic E-state index is 0.440. The summed E-state index contributed by atoms with van der Waals surface area (Å²) < 4.78 is 5.36. The van der Waals surface area contributed by atoms with Gasteiger partial charge in [0.1, 0.15) is 5.84 Å². The second-order valence-corrected chi connectivity index (χ2v) is 13.4. The van der Waals surface area contributed by atoms with E-state index in [1.807, 2.05) is 67.6 Å². The van der Waals surface area contributed by atoms with Crippen LogP contribution in [0.4, 0.5) is 11.5 Å². The number of rotatable bonds is 7. The molecule has 4 bridgehead atoms. The van der Waals surface area contributed by atoms with Crippen molar-refractivity contribution in [2.45, 2.75) is 32.2 Å². The summed E-state index contributed by atoms with van der Waals surface area (Å²) in [6.07, 6.45) is 4.18. The first-order valence-corrected chi connectivity index (χ1v) is 18.2. The molecule has 0 radical (unpaired) electrons. The summed E-state index contributed by atoms with van der Waals surface area (Å²) in [4.78, 5) is 6.98. The zero-order chi connectivity index (χ0) is 35.4. The number of nitrogens with zero attached hydrogens (tertiary/aromatic N) is 5. The minimum absolute atomic E-state index is 0.440. The first-order chi connectivity index (χ1) is 25.0. The van der Waals surface area contributed by atoms with Crippen LogP contribution in [-0.4, -0.2) is 97.1 Å². The van der Waals surface area contributed by atoms with Crippen LogP contribution in [0.5, 0.6) is 0 Å². The van der Waals surface area contributed by atoms with Gasteiger partial charge < -0.3 is 31.0 Å². The lowest BCUT2D eigenvalue weighted by atomic mass is 9.88. The molecule has 10 nitrogen and oxygen atoms in total. The molecule has 5 aliphatic rings. The number of piperidine rings is 1. The highest BCUT2D eigenvalue weighted by Crippen LogP contribution is 2.29. The average Bonchev–Trinajstić information content (AvgIpc) is 3.20. The molecule has 266 valence electrons. The number of ether oxygens (including phenoxy) is 1. The van der Waals surface area contributed by atoms with Crippen molar-refractivity contribution < 1.29 is 4.74 Å². The van der Waals surface area contributed by atoms with Gasteiger partial charge in [0.2, 0.25) is 0 Å². The summed E-state index contributed by atoms with van der Waals surface area (Å²) in [7, 11) is 0. The Kier molecular flexibility index (Phi) is 12.7. The van der Waals surface area contributed by atoms with Gasteiger partial charge in [0, 0.05) is 62.6 Å². The van der Waals surface area contributed by atoms with E-state index in [1.165, 1.54) is 18.4 Å². The fourth-order valence-electron chi connectivity index (χ4n) is 6.87. The van der Waals surface area contributed by atoms with E-state index in [4.69, 9.17) is 21.3 Å². The maximum absolute atomic E-state index is 8.81. The molecule has 3 aromatic carbocycles. The molecule has 0 aliphatic carbocycles. The van der Waals surface area contributed by atoms with Crippen molar-refractivity contribution in [1.29, 1.82) is 10.8 Å². The number of nitrogens with two attached hydrogens (primary N) is 1. The third-order valence-corrected chi connectivity index (χ3v) is 9.98. The summed E-state index contributed by atoms with van der Waals surface area (Å²) in [5.74, 6) is 1.86. The summed E-state index contributed by atoms with van der Waals surface area (Å²) in [5.41, 5.74) is 13.4. The predicted molar refractivity (Wildman–Crippen MR) is 208 cm³/mol. The summed E-state index contributed by atoms with van der Waals surface area (Å²) in [6.45, 7) is 11.7. The van der Waals surface area contributed by atoms with E-state index >= 15 is 0 Å². The Labute approximate surface area is 302 Å². The van der Waals surface area contributed by atoms with E-state index < -0.39 is 0 Å². The molecule has 51 heavy (non-hydrogen) atoms. The van der Waals surface area contributed by atoms with E-state index in [1.54, 1.807) is 0 Å². The van der Waals surface area contributed by atoms with Gasteiger partial charge in [-0.25, -0.2) is 0 Å². The molecule has 10 heteroatoms. The normalized spacial score (nSPS) is 20.8. The summed E-state index contributed by atoms with van der Waals surface area (Å²) in [6, 6.07) is 30.7. The van der Waals surface area contributed by atoms with Crippen LogP contribution in [0, 0.1) is 10.8 Å². The third kappa shape index (κ3) is 9.74. The smallest absolute Gasteiger partial charge is 0.153 e. The fourth-order valence-corrected chi connectivity index (χ4v) is 6.87. The molecule has 0 unspecified atom stereocenters. The molecule has 0 spiro atoms. The van der Waals surface area contributed by atoms with Crippen LogP contribution in [0.15, 0.2) is 103 Å². The van der Waals surface area contributed by atoms with Crippen LogP contribution >= 0.6 is 0 Å². The van der Waals surface area contributed by atoms with Gasteiger partial charge in [0.15, 0.2) is 5.82 Å². The number of allylic oxidation sites excluding steroid dienone is 1. The fraction of sp³-hybridized carbons (Fsp3) is 0.366. The number of morpholine rings is 1. The number of aromatic nitrogens is 2. The second-order valence-electron chi connectivity index (χ2n) is 13.4. The monoisotopic (exact) mass is 685 g/mol. The highest BCUT2D eigenvalue weighted by atomic mass is 16.5. The summed E-state index contributed by atoms with van der Waals surface area (Å²) >= 11 is 0. The van der Waals surface area contributed by atoms with Gasteiger partial charge in [-0.1, -0.05) is 72.8 Å². The van der Waals surface area contributed by atoms with Crippen LogP contribution in [-0.2, 0) is 11.3 Å². The number of hydrogen-bond acceptors (Lipinski definition) is 9. The van der Waals surface area contributed by atoms with Crippen LogP contribution in [0.3, 0.4) is 0 Å². The highest BCUT2D eigenvalue weighted by Gasteiger charge is 2.23. The molecule has 2 saturated heterocycles. The van der Waals surface area contributed by atoms with Gasteiger partial charge in [-0.15, -0.1) is 10.2 Å². The Morgan fingerprint density at radius 3 is 2.18 bits per heavy atom. The van der Waals surface area contributed by atoms with E-state index in [2.05, 4.69) is 66.6 Å². The van der Waals surface area contributed by atoms with Crippen molar-refractivity contribution >= 4 is 23.1 Å². The Hall–Kier alpha value is -4.74. The first-order valence-electron chi connectivity index (χ1n) is 18.2. The quantitative estimate of drug-likeness (QED) is 0.186. The molecule has 6 heterocycles. The lowest BCUT2D eigenvalue weighted by molar-refractivity contribution is 0.0398. The Bertz CT molecular complexity index is 1750. The van der Waals surface area contributed by atoms with E-state index in [9.17, 15) is 0 Å². The molecule has 1 aromatic heterocycles. The zero-order valence-corrected chi connectivity index (χ0v) is 29.7. The van der Waals surface area contributed by atoms with Gasteiger partial charge in [-0.05, 0) is 79.7 Å². The maximum atomic E-state index is 8.81. The van der Waals surface area contributed by atoms with Crippen LogP contribution in [0.1, 0.15) is 42.4 Å². The lowest BCUT2D eigenvalue weighted by Crippen LogP contribution is -2.41. The molecule has 5 N–H and O–H groups in total. The van der Waals surface area contributed by atoms with Crippen molar-refractivity contribution in [2.75, 3.05) is 75.8 Å². The third-order valence-electron chi connectivity index (χ3n) is 9.98. The van der Waals surface area contributed by atoms with E-state index in [0.29, 0.717) is 24.0 Å². The lowest BCUT2D eigenvalue weighted by Gasteiger charge is -2.34. The zero-order valence-electron chi connectivity index (χ0n) is 29.7. The number of para-hydroxylation sites is 1. The van der Waals surface area contributed by atoms with Crippen molar-refractivity contribution in [3.05, 3.63) is 119 Å². The second kappa shape index (κ2) is 18.0. The first kappa shape index (κ1) is 36.1. The van der Waals surface area contributed by atoms with Gasteiger partial charge in [0.25, 0.3) is 0 Å². The summed E-state index contributed by atoms with van der Waals surface area (Å²) in [5, 5.41) is 29.3. The number of amidine groups is 1. The molecule has 0 amide bonds. The maximum Gasteiger partial charge on any atom is 0.153 e. The van der Waals surface area contributed by atoms with Crippen LogP contribution in [0.25, 0.3) is 11.3 Å². The van der Waals surface area contributed by atoms with Crippen molar-refractivity contribution in [1.82, 2.24) is 20.0 Å². The van der Waals surface area contributed by atoms with Crippen LogP contribution < -0.4 is 16.0 Å². The van der Waals surface area contributed by atoms with Gasteiger partial charge in [0.05, 0.1) is 24.6 Å². The SMILES string of the molecule is C/C1=C/C(=N)c2ccc(cc2)C2CCN(CC2)CCN(c2ccccc2)C1=N.NCc1cc(-c2ccccc2)nnc1NCCN1CCOCC1. The average molecular weight is 686 g/mol. The highest BCUT2D eigenvalue weighted by molar-refractivity contribution is 6.15. The molecule has 4 aromatic rings. The van der Waals surface area contributed by atoms with Gasteiger partial charge in [-0.3, -0.25) is 10.3 Å². The minimum Gasteiger partial charge on any atom is -0.379 e. The molecule has 9 rings (SSSR count). The number of fused-ring (bicyclic) bond motifs is 2. The van der Waals surface area contributed by atoms with Gasteiger partial charge >= 0.3 is 0 Å². The molecule has 5 aliphatic heterocycles. The standard InChI is InChI=1S/C24H28N4.C17H23N5O/c1-18-17-23(25)21-9-7-19(8-10-21)20-11-13-27(14-12-20)15-16-28(24(18)26)22-5-3-2-4-6-22;18-13-15-12-16(14-4-2-1-3-5-14)20-21-17(15)19-6-7-22-8-10-23-11-9-22/h2-10,17,20,25-26H,11-16H2,1H3;1-5,12H,6-11,13,18H2,(H,19,21)/b18-17-,25-23?,26-24?;. The van der Waals surface area contributed by atoms with Crippen molar-refractivity contribution in [2.24, 2.45) is 5.73 Å². The largest absolute Gasteiger partial charge is 0.379 e. The Morgan fingerprint density at radius 2 is 1.49 bits per heavy atom. The molecule has 0 atom stereocenters. The number of anilines is 2. The number of hydrogen-bond donors (Lipinski definition) is 4. The Balaban J connectivity index is 0.000000179. The number of benzene rings is 3. The molecular weight excluding hydrogens is 635 g/mol. The predicted octanol–water partition coefficient (Wildman–Crippen LogP) is 6.02. The van der Waals surface area contributed by atoms with Crippen molar-refractivity contribution in [3.63, 3.8) is 0 Å².